The van der Waals surface area contributed by atoms with Crippen molar-refractivity contribution in [1.29, 1.82) is 0 Å². The molecule has 0 aliphatic carbocycles. The second kappa shape index (κ2) is 5.27. The number of amides is 2. The summed E-state index contributed by atoms with van der Waals surface area (Å²) in [5.41, 5.74) is 1.66. The van der Waals surface area contributed by atoms with E-state index >= 15 is 0 Å². The van der Waals surface area contributed by atoms with Crippen LogP contribution in [0.25, 0.3) is 0 Å². The van der Waals surface area contributed by atoms with Crippen LogP contribution in [0.1, 0.15) is 32.8 Å². The van der Waals surface area contributed by atoms with E-state index in [9.17, 15) is 9.59 Å². The highest BCUT2D eigenvalue weighted by atomic mass is 16.2. The molecule has 1 N–H and O–H groups in total. The van der Waals surface area contributed by atoms with Gasteiger partial charge < -0.3 is 10.2 Å². The summed E-state index contributed by atoms with van der Waals surface area (Å²) in [6, 6.07) is 7.68. The van der Waals surface area contributed by atoms with Crippen LogP contribution in [0.15, 0.2) is 24.3 Å². The van der Waals surface area contributed by atoms with Crippen LogP contribution in [-0.4, -0.2) is 28.8 Å². The summed E-state index contributed by atoms with van der Waals surface area (Å²) in [7, 11) is 0. The number of likely N-dealkylation sites (tertiary alicyclic amines) is 1. The lowest BCUT2D eigenvalue weighted by molar-refractivity contribution is -0.131. The highest BCUT2D eigenvalue weighted by Crippen LogP contribution is 2.26. The molecular formula is C16H22N2O2. The Kier molecular flexibility index (Phi) is 3.84. The first-order valence-corrected chi connectivity index (χ1v) is 6.95. The minimum absolute atomic E-state index is 0.0573. The van der Waals surface area contributed by atoms with Crippen molar-refractivity contribution in [1.82, 2.24) is 4.90 Å². The number of anilines is 1. The standard InChI is InChI=1S/C16H22N2O2/c1-11-6-5-7-13(8-11)17-15(20)12-9-14(19)18(10-12)16(2,3)4/h5-8,12H,9-10H2,1-4H3,(H,17,20). The average Bonchev–Trinajstić information content (AvgIpc) is 2.71. The van der Waals surface area contributed by atoms with Gasteiger partial charge in [0, 0.05) is 24.2 Å². The largest absolute Gasteiger partial charge is 0.337 e. The molecular weight excluding hydrogens is 252 g/mol. The molecule has 20 heavy (non-hydrogen) atoms. The lowest BCUT2D eigenvalue weighted by Gasteiger charge is -2.31. The highest BCUT2D eigenvalue weighted by molar-refractivity contribution is 5.97. The number of carbonyl (C=O) groups is 2. The predicted octanol–water partition coefficient (Wildman–Crippen LogP) is 2.58. The van der Waals surface area contributed by atoms with Gasteiger partial charge in [0.1, 0.15) is 0 Å². The Morgan fingerprint density at radius 1 is 1.35 bits per heavy atom. The molecule has 2 amide bonds. The molecule has 1 aromatic rings. The van der Waals surface area contributed by atoms with Crippen molar-refractivity contribution in [2.45, 2.75) is 39.7 Å². The summed E-state index contributed by atoms with van der Waals surface area (Å²) in [6.45, 7) is 8.46. The molecule has 0 spiro atoms. The molecule has 0 saturated carbocycles. The first kappa shape index (κ1) is 14.6. The van der Waals surface area contributed by atoms with Gasteiger partial charge in [-0.15, -0.1) is 0 Å². The second-order valence-electron chi connectivity index (χ2n) is 6.43. The molecule has 1 heterocycles. The zero-order chi connectivity index (χ0) is 14.9. The molecule has 4 nitrogen and oxygen atoms in total. The lowest BCUT2D eigenvalue weighted by Crippen LogP contribution is -2.42. The van der Waals surface area contributed by atoms with Crippen LogP contribution in [0, 0.1) is 12.8 Å². The van der Waals surface area contributed by atoms with Gasteiger partial charge in [0.05, 0.1) is 5.92 Å². The average molecular weight is 274 g/mol. The first-order valence-electron chi connectivity index (χ1n) is 6.95. The number of carbonyl (C=O) groups excluding carboxylic acids is 2. The number of nitrogens with zero attached hydrogens (tertiary/aromatic N) is 1. The van der Waals surface area contributed by atoms with Gasteiger partial charge in [-0.3, -0.25) is 9.59 Å². The molecule has 0 aromatic heterocycles. The van der Waals surface area contributed by atoms with E-state index in [2.05, 4.69) is 5.32 Å². The normalized spacial score (nSPS) is 19.3. The third-order valence-electron chi connectivity index (χ3n) is 3.59. The van der Waals surface area contributed by atoms with E-state index in [-0.39, 0.29) is 23.3 Å². The van der Waals surface area contributed by atoms with E-state index in [4.69, 9.17) is 0 Å². The van der Waals surface area contributed by atoms with Gasteiger partial charge in [0.25, 0.3) is 0 Å². The summed E-state index contributed by atoms with van der Waals surface area (Å²) >= 11 is 0. The third-order valence-corrected chi connectivity index (χ3v) is 3.59. The van der Waals surface area contributed by atoms with Crippen LogP contribution in [-0.2, 0) is 9.59 Å². The SMILES string of the molecule is Cc1cccc(NC(=O)C2CC(=O)N(C(C)(C)C)C2)c1. The molecule has 1 unspecified atom stereocenters. The summed E-state index contributed by atoms with van der Waals surface area (Å²) in [6.07, 6.45) is 0.301. The fourth-order valence-corrected chi connectivity index (χ4v) is 2.50. The quantitative estimate of drug-likeness (QED) is 0.901. The topological polar surface area (TPSA) is 49.4 Å². The van der Waals surface area contributed by atoms with Gasteiger partial charge in [0.2, 0.25) is 11.8 Å². The van der Waals surface area contributed by atoms with E-state index < -0.39 is 0 Å². The number of rotatable bonds is 2. The Morgan fingerprint density at radius 2 is 2.05 bits per heavy atom. The molecule has 1 aliphatic rings. The van der Waals surface area contributed by atoms with Crippen molar-refractivity contribution in [2.24, 2.45) is 5.92 Å². The molecule has 0 bridgehead atoms. The van der Waals surface area contributed by atoms with Gasteiger partial charge in [0.15, 0.2) is 0 Å². The van der Waals surface area contributed by atoms with E-state index in [1.807, 2.05) is 52.0 Å². The Hall–Kier alpha value is -1.84. The van der Waals surface area contributed by atoms with Crippen molar-refractivity contribution >= 4 is 17.5 Å². The molecule has 1 fully saturated rings. The smallest absolute Gasteiger partial charge is 0.229 e. The maximum absolute atomic E-state index is 12.3. The van der Waals surface area contributed by atoms with E-state index in [0.29, 0.717) is 13.0 Å². The maximum Gasteiger partial charge on any atom is 0.229 e. The Balaban J connectivity index is 2.03. The zero-order valence-electron chi connectivity index (χ0n) is 12.6. The third kappa shape index (κ3) is 3.18. The van der Waals surface area contributed by atoms with Gasteiger partial charge in [-0.25, -0.2) is 0 Å². The van der Waals surface area contributed by atoms with Gasteiger partial charge >= 0.3 is 0 Å². The Morgan fingerprint density at radius 3 is 2.60 bits per heavy atom. The van der Waals surface area contributed by atoms with Gasteiger partial charge in [-0.1, -0.05) is 12.1 Å². The van der Waals surface area contributed by atoms with Crippen LogP contribution >= 0.6 is 0 Å². The molecule has 1 aromatic carbocycles. The predicted molar refractivity (Wildman–Crippen MR) is 79.4 cm³/mol. The van der Waals surface area contributed by atoms with Crippen molar-refractivity contribution < 1.29 is 9.59 Å². The molecule has 1 atom stereocenters. The first-order chi connectivity index (χ1) is 9.27. The van der Waals surface area contributed by atoms with Crippen LogP contribution < -0.4 is 5.32 Å². The summed E-state index contributed by atoms with van der Waals surface area (Å²) < 4.78 is 0. The van der Waals surface area contributed by atoms with Crippen molar-refractivity contribution in [3.8, 4) is 0 Å². The summed E-state index contributed by atoms with van der Waals surface area (Å²) in [5, 5.41) is 2.90. The van der Waals surface area contributed by atoms with Crippen LogP contribution in [0.4, 0.5) is 5.69 Å². The minimum Gasteiger partial charge on any atom is -0.337 e. The van der Waals surface area contributed by atoms with E-state index in [1.54, 1.807) is 4.90 Å². The Labute approximate surface area is 120 Å². The zero-order valence-corrected chi connectivity index (χ0v) is 12.6. The monoisotopic (exact) mass is 274 g/mol. The Bertz CT molecular complexity index is 532. The minimum atomic E-state index is -0.262. The summed E-state index contributed by atoms with van der Waals surface area (Å²) in [4.78, 5) is 26.0. The van der Waals surface area contributed by atoms with Crippen LogP contribution in [0.2, 0.25) is 0 Å². The molecule has 2 rings (SSSR count). The number of aryl methyl sites for hydroxylation is 1. The molecule has 108 valence electrons. The number of hydrogen-bond acceptors (Lipinski definition) is 2. The molecule has 4 heteroatoms. The number of nitrogens with one attached hydrogen (secondary N) is 1. The molecule has 0 radical (unpaired) electrons. The second-order valence-corrected chi connectivity index (χ2v) is 6.43. The van der Waals surface area contributed by atoms with Gasteiger partial charge in [-0.2, -0.15) is 0 Å². The van der Waals surface area contributed by atoms with Crippen LogP contribution in [0.5, 0.6) is 0 Å². The van der Waals surface area contributed by atoms with Gasteiger partial charge in [-0.05, 0) is 45.4 Å². The fourth-order valence-electron chi connectivity index (χ4n) is 2.50. The number of hydrogen-bond donors (Lipinski definition) is 1. The lowest BCUT2D eigenvalue weighted by atomic mass is 10.1. The highest BCUT2D eigenvalue weighted by Gasteiger charge is 2.39. The van der Waals surface area contributed by atoms with E-state index in [0.717, 1.165) is 11.3 Å². The van der Waals surface area contributed by atoms with Crippen molar-refractivity contribution in [3.05, 3.63) is 29.8 Å². The number of benzene rings is 1. The van der Waals surface area contributed by atoms with Crippen molar-refractivity contribution in [3.63, 3.8) is 0 Å². The van der Waals surface area contributed by atoms with Crippen LogP contribution in [0.3, 0.4) is 0 Å². The fraction of sp³-hybridized carbons (Fsp3) is 0.500. The van der Waals surface area contributed by atoms with Crippen molar-refractivity contribution in [2.75, 3.05) is 11.9 Å². The maximum atomic E-state index is 12.3. The molecule has 1 aliphatic heterocycles. The summed E-state index contributed by atoms with van der Waals surface area (Å²) in [5.74, 6) is -0.278. The molecule has 1 saturated heterocycles. The van der Waals surface area contributed by atoms with E-state index in [1.165, 1.54) is 0 Å².